The number of hydrogen-bond acceptors (Lipinski definition) is 6. The molecule has 0 aliphatic carbocycles. The number of likely N-dealkylation sites (N-methyl/N-ethyl adjacent to an activating group) is 1. The fourth-order valence-corrected chi connectivity index (χ4v) is 3.65. The molecule has 7 nitrogen and oxygen atoms in total. The van der Waals surface area contributed by atoms with Crippen molar-refractivity contribution in [2.45, 2.75) is 13.8 Å². The average molecular weight is 443 g/mol. The standard InChI is InChI=1S/C26H26N4O3/c1-3-30(4-2)24(32)17-33-21-14-12-18(13-15-21)25-22-10-5-6-11-23(22)26(29-28-25)27-19-8-7-9-20(31)16-19/h5-16,31H,3-4,17H2,1-2H3,(H,27,29). The van der Waals surface area contributed by atoms with Gasteiger partial charge in [-0.2, -0.15) is 0 Å². The van der Waals surface area contributed by atoms with Crippen molar-refractivity contribution in [3.05, 3.63) is 72.8 Å². The Balaban J connectivity index is 1.57. The van der Waals surface area contributed by atoms with Crippen LogP contribution in [0.3, 0.4) is 0 Å². The third-order valence-electron chi connectivity index (χ3n) is 5.40. The van der Waals surface area contributed by atoms with Crippen molar-refractivity contribution in [2.75, 3.05) is 25.0 Å². The molecule has 0 atom stereocenters. The van der Waals surface area contributed by atoms with Crippen molar-refractivity contribution in [1.82, 2.24) is 15.1 Å². The molecule has 0 saturated heterocycles. The summed E-state index contributed by atoms with van der Waals surface area (Å²) < 4.78 is 5.67. The van der Waals surface area contributed by atoms with E-state index in [1.807, 2.05) is 68.4 Å². The highest BCUT2D eigenvalue weighted by atomic mass is 16.5. The molecule has 0 radical (unpaired) electrons. The zero-order chi connectivity index (χ0) is 23.2. The zero-order valence-corrected chi connectivity index (χ0v) is 18.7. The second kappa shape index (κ2) is 9.99. The monoisotopic (exact) mass is 442 g/mol. The van der Waals surface area contributed by atoms with Crippen molar-refractivity contribution < 1.29 is 14.6 Å². The first-order valence-electron chi connectivity index (χ1n) is 10.9. The quantitative estimate of drug-likeness (QED) is 0.400. The summed E-state index contributed by atoms with van der Waals surface area (Å²) in [5.41, 5.74) is 2.37. The number of rotatable bonds is 8. The van der Waals surface area contributed by atoms with E-state index in [2.05, 4.69) is 15.5 Å². The van der Waals surface area contributed by atoms with E-state index in [9.17, 15) is 9.90 Å². The summed E-state index contributed by atoms with van der Waals surface area (Å²) in [6.07, 6.45) is 0. The van der Waals surface area contributed by atoms with Crippen LogP contribution in [0.25, 0.3) is 22.0 Å². The number of carbonyl (C=O) groups is 1. The van der Waals surface area contributed by atoms with Crippen molar-refractivity contribution in [3.8, 4) is 22.8 Å². The van der Waals surface area contributed by atoms with Crippen LogP contribution in [-0.2, 0) is 4.79 Å². The van der Waals surface area contributed by atoms with Gasteiger partial charge in [-0.25, -0.2) is 0 Å². The Morgan fingerprint density at radius 1 is 0.939 bits per heavy atom. The highest BCUT2D eigenvalue weighted by Gasteiger charge is 2.13. The summed E-state index contributed by atoms with van der Waals surface area (Å²) in [5.74, 6) is 1.37. The Labute approximate surface area is 192 Å². The summed E-state index contributed by atoms with van der Waals surface area (Å²) in [5, 5.41) is 23.7. The fraction of sp³-hybridized carbons (Fsp3) is 0.192. The highest BCUT2D eigenvalue weighted by molar-refractivity contribution is 6.00. The number of aromatic hydroxyl groups is 1. The van der Waals surface area contributed by atoms with Crippen LogP contribution in [0, 0.1) is 0 Å². The molecule has 4 aromatic rings. The average Bonchev–Trinajstić information content (AvgIpc) is 2.84. The SMILES string of the molecule is CCN(CC)C(=O)COc1ccc(-c2nnc(Nc3cccc(O)c3)c3ccccc23)cc1. The highest BCUT2D eigenvalue weighted by Crippen LogP contribution is 2.32. The maximum absolute atomic E-state index is 12.2. The van der Waals surface area contributed by atoms with Gasteiger partial charge in [-0.05, 0) is 50.2 Å². The van der Waals surface area contributed by atoms with E-state index in [4.69, 9.17) is 4.74 Å². The van der Waals surface area contributed by atoms with Crippen molar-refractivity contribution in [1.29, 1.82) is 0 Å². The second-order valence-corrected chi connectivity index (χ2v) is 7.50. The molecule has 1 aromatic heterocycles. The van der Waals surface area contributed by atoms with E-state index >= 15 is 0 Å². The number of benzene rings is 3. The molecule has 7 heteroatoms. The minimum Gasteiger partial charge on any atom is -0.508 e. The first kappa shape index (κ1) is 22.1. The number of anilines is 2. The lowest BCUT2D eigenvalue weighted by Crippen LogP contribution is -2.34. The minimum absolute atomic E-state index is 0.0131. The second-order valence-electron chi connectivity index (χ2n) is 7.50. The number of phenols is 1. The summed E-state index contributed by atoms with van der Waals surface area (Å²) in [6.45, 7) is 5.25. The van der Waals surface area contributed by atoms with Gasteiger partial charge in [-0.1, -0.05) is 30.3 Å². The van der Waals surface area contributed by atoms with Gasteiger partial charge >= 0.3 is 0 Å². The Morgan fingerprint density at radius 3 is 2.36 bits per heavy atom. The zero-order valence-electron chi connectivity index (χ0n) is 18.7. The number of ether oxygens (including phenoxy) is 1. The molecule has 1 heterocycles. The predicted octanol–water partition coefficient (Wildman–Crippen LogP) is 4.99. The molecular formula is C26H26N4O3. The van der Waals surface area contributed by atoms with Crippen molar-refractivity contribution in [3.63, 3.8) is 0 Å². The van der Waals surface area contributed by atoms with Crippen LogP contribution in [0.4, 0.5) is 11.5 Å². The lowest BCUT2D eigenvalue weighted by Gasteiger charge is -2.18. The lowest BCUT2D eigenvalue weighted by atomic mass is 10.0. The molecule has 0 unspecified atom stereocenters. The molecule has 0 aliphatic rings. The third kappa shape index (κ3) is 5.03. The minimum atomic E-state index is -0.0317. The summed E-state index contributed by atoms with van der Waals surface area (Å²) >= 11 is 0. The number of fused-ring (bicyclic) bond motifs is 1. The third-order valence-corrected chi connectivity index (χ3v) is 5.40. The number of nitrogens with one attached hydrogen (secondary N) is 1. The topological polar surface area (TPSA) is 87.6 Å². The first-order valence-corrected chi connectivity index (χ1v) is 10.9. The van der Waals surface area contributed by atoms with E-state index < -0.39 is 0 Å². The molecule has 3 aromatic carbocycles. The largest absolute Gasteiger partial charge is 0.508 e. The van der Waals surface area contributed by atoms with Crippen LogP contribution in [0.15, 0.2) is 72.8 Å². The van der Waals surface area contributed by atoms with Crippen LogP contribution in [-0.4, -0.2) is 45.8 Å². The van der Waals surface area contributed by atoms with Crippen LogP contribution in [0.5, 0.6) is 11.5 Å². The molecule has 1 amide bonds. The van der Waals surface area contributed by atoms with E-state index in [-0.39, 0.29) is 18.3 Å². The van der Waals surface area contributed by atoms with Gasteiger partial charge in [0.25, 0.3) is 5.91 Å². The maximum Gasteiger partial charge on any atom is 0.260 e. The maximum atomic E-state index is 12.2. The van der Waals surface area contributed by atoms with Gasteiger partial charge in [0.15, 0.2) is 12.4 Å². The Hall–Kier alpha value is -4.13. The summed E-state index contributed by atoms with van der Waals surface area (Å²) in [7, 11) is 0. The smallest absolute Gasteiger partial charge is 0.260 e. The van der Waals surface area contributed by atoms with Crippen LogP contribution < -0.4 is 10.1 Å². The lowest BCUT2D eigenvalue weighted by molar-refractivity contribution is -0.132. The van der Waals surface area contributed by atoms with Gasteiger partial charge in [0.1, 0.15) is 17.2 Å². The Bertz CT molecular complexity index is 1250. The molecule has 0 saturated carbocycles. The fourth-order valence-electron chi connectivity index (χ4n) is 3.65. The van der Waals surface area contributed by atoms with Gasteiger partial charge in [0.2, 0.25) is 0 Å². The number of phenolic OH excluding ortho intramolecular Hbond substituents is 1. The van der Waals surface area contributed by atoms with Crippen LogP contribution in [0.2, 0.25) is 0 Å². The first-order chi connectivity index (χ1) is 16.1. The molecule has 0 bridgehead atoms. The van der Waals surface area contributed by atoms with Crippen LogP contribution in [0.1, 0.15) is 13.8 Å². The van der Waals surface area contributed by atoms with Crippen molar-refractivity contribution >= 4 is 28.2 Å². The van der Waals surface area contributed by atoms with E-state index in [1.165, 1.54) is 0 Å². The molecule has 33 heavy (non-hydrogen) atoms. The normalized spacial score (nSPS) is 10.7. The van der Waals surface area contributed by atoms with E-state index in [0.717, 1.165) is 27.7 Å². The molecule has 2 N–H and O–H groups in total. The summed E-state index contributed by atoms with van der Waals surface area (Å²) in [6, 6.07) is 22.3. The van der Waals surface area contributed by atoms with Gasteiger partial charge in [-0.3, -0.25) is 4.79 Å². The van der Waals surface area contributed by atoms with Gasteiger partial charge in [-0.15, -0.1) is 10.2 Å². The molecule has 0 aliphatic heterocycles. The van der Waals surface area contributed by atoms with E-state index in [1.54, 1.807) is 23.1 Å². The van der Waals surface area contributed by atoms with Gasteiger partial charge in [0, 0.05) is 41.2 Å². The number of amides is 1. The number of hydrogen-bond donors (Lipinski definition) is 2. The predicted molar refractivity (Wildman–Crippen MR) is 130 cm³/mol. The summed E-state index contributed by atoms with van der Waals surface area (Å²) in [4.78, 5) is 13.9. The molecule has 0 fully saturated rings. The number of nitrogens with zero attached hydrogens (tertiary/aromatic N) is 3. The molecular weight excluding hydrogens is 416 g/mol. The van der Waals surface area contributed by atoms with Crippen LogP contribution >= 0.6 is 0 Å². The van der Waals surface area contributed by atoms with Gasteiger partial charge in [0.05, 0.1) is 0 Å². The Kier molecular flexibility index (Phi) is 6.69. The Morgan fingerprint density at radius 2 is 1.67 bits per heavy atom. The van der Waals surface area contributed by atoms with E-state index in [0.29, 0.717) is 24.7 Å². The molecule has 4 rings (SSSR count). The number of carbonyl (C=O) groups excluding carboxylic acids is 1. The molecule has 0 spiro atoms. The molecule has 168 valence electrons. The van der Waals surface area contributed by atoms with Crippen molar-refractivity contribution in [2.24, 2.45) is 0 Å². The number of aromatic nitrogens is 2. The van der Waals surface area contributed by atoms with Gasteiger partial charge < -0.3 is 20.1 Å².